The van der Waals surface area contributed by atoms with Gasteiger partial charge in [-0.25, -0.2) is 0 Å². The molecule has 1 saturated heterocycles. The van der Waals surface area contributed by atoms with E-state index < -0.39 is 0 Å². The molecule has 0 aliphatic carbocycles. The van der Waals surface area contributed by atoms with Gasteiger partial charge in [-0.15, -0.1) is 0 Å². The van der Waals surface area contributed by atoms with Gasteiger partial charge in [-0.3, -0.25) is 14.6 Å². The van der Waals surface area contributed by atoms with E-state index in [1.807, 2.05) is 18.6 Å². The Labute approximate surface area is 137 Å². The van der Waals surface area contributed by atoms with Gasteiger partial charge in [0, 0.05) is 44.8 Å². The van der Waals surface area contributed by atoms with Gasteiger partial charge in [0.2, 0.25) is 0 Å². The summed E-state index contributed by atoms with van der Waals surface area (Å²) in [4.78, 5) is 9.26. The molecule has 2 aliphatic heterocycles. The monoisotopic (exact) mass is 311 g/mol. The van der Waals surface area contributed by atoms with Crippen molar-refractivity contribution in [2.24, 2.45) is 0 Å². The molecule has 23 heavy (non-hydrogen) atoms. The summed E-state index contributed by atoms with van der Waals surface area (Å²) in [6, 6.07) is 6.90. The fraction of sp³-hybridized carbons (Fsp3) is 0.556. The van der Waals surface area contributed by atoms with Gasteiger partial charge in [0.25, 0.3) is 0 Å². The number of nitrogens with zero attached hydrogens (tertiary/aromatic N) is 5. The summed E-state index contributed by atoms with van der Waals surface area (Å²) in [6.07, 6.45) is 9.65. The first-order valence-electron chi connectivity index (χ1n) is 8.74. The Morgan fingerprint density at radius 3 is 2.65 bits per heavy atom. The van der Waals surface area contributed by atoms with E-state index in [9.17, 15) is 0 Å². The minimum Gasteiger partial charge on any atom is -0.303 e. The van der Waals surface area contributed by atoms with E-state index in [1.54, 1.807) is 0 Å². The van der Waals surface area contributed by atoms with Crippen LogP contribution in [0.4, 0.5) is 0 Å². The van der Waals surface area contributed by atoms with Crippen LogP contribution in [0, 0.1) is 0 Å². The molecule has 2 aliphatic rings. The summed E-state index contributed by atoms with van der Waals surface area (Å²) in [5.74, 6) is 0. The first-order valence-corrected chi connectivity index (χ1v) is 8.74. The first-order chi connectivity index (χ1) is 11.4. The third-order valence-electron chi connectivity index (χ3n) is 5.09. The number of hydrogen-bond acceptors (Lipinski definition) is 4. The molecule has 0 saturated carbocycles. The molecular formula is C18H25N5. The molecule has 5 heteroatoms. The van der Waals surface area contributed by atoms with Gasteiger partial charge in [0.05, 0.1) is 11.7 Å². The second kappa shape index (κ2) is 6.81. The van der Waals surface area contributed by atoms with E-state index in [-0.39, 0.29) is 0 Å². The van der Waals surface area contributed by atoms with Crippen LogP contribution in [0.1, 0.15) is 36.6 Å². The maximum atomic E-state index is 4.59. The summed E-state index contributed by atoms with van der Waals surface area (Å²) in [6.45, 7) is 6.83. The summed E-state index contributed by atoms with van der Waals surface area (Å²) in [5.41, 5.74) is 2.68. The van der Waals surface area contributed by atoms with Gasteiger partial charge in [-0.1, -0.05) is 0 Å². The quantitative estimate of drug-likeness (QED) is 0.849. The molecule has 0 radical (unpaired) electrons. The van der Waals surface area contributed by atoms with E-state index in [0.29, 0.717) is 6.04 Å². The topological polar surface area (TPSA) is 37.2 Å². The molecule has 1 fully saturated rings. The zero-order valence-electron chi connectivity index (χ0n) is 13.6. The molecule has 0 spiro atoms. The first kappa shape index (κ1) is 14.8. The number of fused-ring (bicyclic) bond motifs is 1. The zero-order valence-corrected chi connectivity index (χ0v) is 13.6. The third-order valence-corrected chi connectivity index (χ3v) is 5.09. The minimum absolute atomic E-state index is 0.496. The normalized spacial score (nSPS) is 22.3. The Morgan fingerprint density at radius 2 is 1.83 bits per heavy atom. The Balaban J connectivity index is 1.43. The Bertz CT molecular complexity index is 617. The lowest BCUT2D eigenvalue weighted by Gasteiger charge is -2.34. The molecular weight excluding hydrogens is 286 g/mol. The van der Waals surface area contributed by atoms with Crippen molar-refractivity contribution < 1.29 is 0 Å². The highest BCUT2D eigenvalue weighted by Gasteiger charge is 2.26. The Morgan fingerprint density at radius 1 is 1.00 bits per heavy atom. The largest absolute Gasteiger partial charge is 0.303 e. The molecule has 5 nitrogen and oxygen atoms in total. The molecule has 1 unspecified atom stereocenters. The standard InChI is InChI=1S/C18H25N5/c1-2-11-21(10-1)12-6-18-15-22(13-16-3-7-19-8-4-16)14-17-5-9-20-23(17)18/h3-5,7-9,18H,1-2,6,10-15H2. The molecule has 2 aromatic heterocycles. The van der Waals surface area contributed by atoms with Crippen molar-refractivity contribution in [1.29, 1.82) is 0 Å². The van der Waals surface area contributed by atoms with E-state index >= 15 is 0 Å². The Kier molecular flexibility index (Phi) is 4.39. The highest BCUT2D eigenvalue weighted by molar-refractivity contribution is 5.11. The summed E-state index contributed by atoms with van der Waals surface area (Å²) in [7, 11) is 0. The van der Waals surface area contributed by atoms with E-state index in [2.05, 4.69) is 42.8 Å². The second-order valence-electron chi connectivity index (χ2n) is 6.78. The molecule has 0 amide bonds. The van der Waals surface area contributed by atoms with Crippen LogP contribution in [0.3, 0.4) is 0 Å². The van der Waals surface area contributed by atoms with Crippen LogP contribution >= 0.6 is 0 Å². The summed E-state index contributed by atoms with van der Waals surface area (Å²) in [5, 5.41) is 4.59. The van der Waals surface area contributed by atoms with Crippen LogP contribution in [0.15, 0.2) is 36.8 Å². The molecule has 122 valence electrons. The van der Waals surface area contributed by atoms with Crippen LogP contribution < -0.4 is 0 Å². The smallest absolute Gasteiger partial charge is 0.0662 e. The molecule has 0 aromatic carbocycles. The Hall–Kier alpha value is -1.72. The lowest BCUT2D eigenvalue weighted by Crippen LogP contribution is -2.38. The molecule has 4 rings (SSSR count). The second-order valence-corrected chi connectivity index (χ2v) is 6.78. The van der Waals surface area contributed by atoms with Crippen molar-refractivity contribution in [1.82, 2.24) is 24.6 Å². The van der Waals surface area contributed by atoms with Gasteiger partial charge in [-0.2, -0.15) is 5.10 Å². The van der Waals surface area contributed by atoms with Gasteiger partial charge in [0.1, 0.15) is 0 Å². The van der Waals surface area contributed by atoms with E-state index in [1.165, 1.54) is 50.2 Å². The lowest BCUT2D eigenvalue weighted by atomic mass is 10.1. The maximum Gasteiger partial charge on any atom is 0.0662 e. The third kappa shape index (κ3) is 3.46. The van der Waals surface area contributed by atoms with Crippen LogP contribution in [0.2, 0.25) is 0 Å². The van der Waals surface area contributed by atoms with Crippen molar-refractivity contribution >= 4 is 0 Å². The fourth-order valence-corrected chi connectivity index (χ4v) is 3.88. The van der Waals surface area contributed by atoms with Crippen molar-refractivity contribution in [3.63, 3.8) is 0 Å². The van der Waals surface area contributed by atoms with Crippen LogP contribution in [0.25, 0.3) is 0 Å². The van der Waals surface area contributed by atoms with Crippen LogP contribution in [0.5, 0.6) is 0 Å². The fourth-order valence-electron chi connectivity index (χ4n) is 3.88. The summed E-state index contributed by atoms with van der Waals surface area (Å²) < 4.78 is 2.26. The van der Waals surface area contributed by atoms with Crippen molar-refractivity contribution in [2.45, 2.75) is 38.4 Å². The summed E-state index contributed by atoms with van der Waals surface area (Å²) >= 11 is 0. The van der Waals surface area contributed by atoms with Crippen molar-refractivity contribution in [2.75, 3.05) is 26.2 Å². The molecule has 1 atom stereocenters. The highest BCUT2D eigenvalue weighted by atomic mass is 15.4. The number of aromatic nitrogens is 3. The lowest BCUT2D eigenvalue weighted by molar-refractivity contribution is 0.152. The van der Waals surface area contributed by atoms with Gasteiger partial charge < -0.3 is 4.90 Å². The van der Waals surface area contributed by atoms with Crippen molar-refractivity contribution in [3.05, 3.63) is 48.0 Å². The molecule has 0 N–H and O–H groups in total. The minimum atomic E-state index is 0.496. The maximum absolute atomic E-state index is 4.59. The predicted octanol–water partition coefficient (Wildman–Crippen LogP) is 2.32. The predicted molar refractivity (Wildman–Crippen MR) is 89.9 cm³/mol. The van der Waals surface area contributed by atoms with Gasteiger partial charge in [0.15, 0.2) is 0 Å². The number of pyridine rings is 1. The average Bonchev–Trinajstić information content (AvgIpc) is 3.25. The van der Waals surface area contributed by atoms with Gasteiger partial charge >= 0.3 is 0 Å². The number of likely N-dealkylation sites (tertiary alicyclic amines) is 1. The number of rotatable bonds is 5. The van der Waals surface area contributed by atoms with Crippen molar-refractivity contribution in [3.8, 4) is 0 Å². The highest BCUT2D eigenvalue weighted by Crippen LogP contribution is 2.25. The number of hydrogen-bond donors (Lipinski definition) is 0. The average molecular weight is 311 g/mol. The molecule has 0 bridgehead atoms. The van der Waals surface area contributed by atoms with Crippen LogP contribution in [-0.2, 0) is 13.1 Å². The SMILES string of the molecule is c1cc(CN2Cc3ccnn3C(CCN3CCCC3)C2)ccn1. The van der Waals surface area contributed by atoms with E-state index in [0.717, 1.165) is 19.6 Å². The molecule has 2 aromatic rings. The zero-order chi connectivity index (χ0) is 15.5. The van der Waals surface area contributed by atoms with Crippen LogP contribution in [-0.4, -0.2) is 50.7 Å². The van der Waals surface area contributed by atoms with E-state index in [4.69, 9.17) is 0 Å². The van der Waals surface area contributed by atoms with Gasteiger partial charge in [-0.05, 0) is 56.1 Å². The molecule has 4 heterocycles.